The van der Waals surface area contributed by atoms with Crippen molar-refractivity contribution in [2.75, 3.05) is 13.2 Å². The van der Waals surface area contributed by atoms with E-state index in [1.54, 1.807) is 6.07 Å². The quantitative estimate of drug-likeness (QED) is 0.866. The van der Waals surface area contributed by atoms with E-state index in [4.69, 9.17) is 15.2 Å². The Morgan fingerprint density at radius 1 is 1.20 bits per heavy atom. The lowest BCUT2D eigenvalue weighted by molar-refractivity contribution is 0.148. The van der Waals surface area contributed by atoms with E-state index in [2.05, 4.69) is 9.97 Å². The molecule has 5 heteroatoms. The fourth-order valence-electron chi connectivity index (χ4n) is 2.71. The van der Waals surface area contributed by atoms with E-state index in [0.29, 0.717) is 30.2 Å². The number of rotatable bonds is 6. The van der Waals surface area contributed by atoms with Crippen LogP contribution in [0.3, 0.4) is 0 Å². The van der Waals surface area contributed by atoms with Crippen LogP contribution in [0.1, 0.15) is 39.5 Å². The van der Waals surface area contributed by atoms with Crippen LogP contribution in [0.5, 0.6) is 11.8 Å². The summed E-state index contributed by atoms with van der Waals surface area (Å²) in [7, 11) is 0. The highest BCUT2D eigenvalue weighted by atomic mass is 16.5. The van der Waals surface area contributed by atoms with Crippen molar-refractivity contribution < 1.29 is 9.47 Å². The number of nitrogens with zero attached hydrogens (tertiary/aromatic N) is 2. The molecule has 5 nitrogen and oxygen atoms in total. The average Bonchev–Trinajstić information content (AvgIpc) is 2.45. The van der Waals surface area contributed by atoms with E-state index in [0.717, 1.165) is 6.54 Å². The Kier molecular flexibility index (Phi) is 5.59. The molecule has 0 aromatic carbocycles. The highest BCUT2D eigenvalue weighted by Gasteiger charge is 2.24. The number of hydrogen-bond acceptors (Lipinski definition) is 5. The predicted octanol–water partition coefficient (Wildman–Crippen LogP) is 2.41. The second kappa shape index (κ2) is 7.43. The summed E-state index contributed by atoms with van der Waals surface area (Å²) in [6.45, 7) is 5.37. The van der Waals surface area contributed by atoms with E-state index in [1.165, 1.54) is 32.0 Å². The van der Waals surface area contributed by atoms with Gasteiger partial charge in [-0.15, -0.1) is 0 Å². The molecule has 0 aliphatic heterocycles. The van der Waals surface area contributed by atoms with E-state index >= 15 is 0 Å². The van der Waals surface area contributed by atoms with Gasteiger partial charge in [0, 0.05) is 0 Å². The maximum absolute atomic E-state index is 5.84. The Hall–Kier alpha value is -1.36. The Bertz CT molecular complexity index is 412. The molecule has 1 fully saturated rings. The van der Waals surface area contributed by atoms with Gasteiger partial charge in [0.2, 0.25) is 11.8 Å². The van der Waals surface area contributed by atoms with Crippen molar-refractivity contribution in [2.24, 2.45) is 17.6 Å². The Labute approximate surface area is 120 Å². The fourth-order valence-corrected chi connectivity index (χ4v) is 2.71. The smallest absolute Gasteiger partial charge is 0.220 e. The summed E-state index contributed by atoms with van der Waals surface area (Å²) in [5.74, 6) is 2.26. The van der Waals surface area contributed by atoms with Crippen LogP contribution in [0.25, 0.3) is 0 Å². The maximum Gasteiger partial charge on any atom is 0.220 e. The van der Waals surface area contributed by atoms with Gasteiger partial charge < -0.3 is 15.2 Å². The number of ether oxygens (including phenoxy) is 2. The first kappa shape index (κ1) is 15.0. The van der Waals surface area contributed by atoms with Crippen molar-refractivity contribution in [3.63, 3.8) is 0 Å². The highest BCUT2D eigenvalue weighted by molar-refractivity contribution is 5.18. The van der Waals surface area contributed by atoms with Crippen LogP contribution in [-0.2, 0) is 0 Å². The molecule has 0 saturated heterocycles. The molecular weight excluding hydrogens is 254 g/mol. The molecule has 1 saturated carbocycles. The van der Waals surface area contributed by atoms with Gasteiger partial charge in [0.25, 0.3) is 0 Å². The van der Waals surface area contributed by atoms with Crippen molar-refractivity contribution in [1.82, 2.24) is 9.97 Å². The largest absolute Gasteiger partial charge is 0.477 e. The van der Waals surface area contributed by atoms with Crippen molar-refractivity contribution >= 4 is 0 Å². The van der Waals surface area contributed by atoms with E-state index in [1.807, 2.05) is 13.8 Å². The van der Waals surface area contributed by atoms with Gasteiger partial charge in [0.1, 0.15) is 6.33 Å². The lowest BCUT2D eigenvalue weighted by Crippen LogP contribution is -2.30. The molecule has 0 radical (unpaired) electrons. The summed E-state index contributed by atoms with van der Waals surface area (Å²) in [4.78, 5) is 8.21. The molecule has 2 atom stereocenters. The second-order valence-corrected chi connectivity index (χ2v) is 5.71. The van der Waals surface area contributed by atoms with Crippen LogP contribution in [-0.4, -0.2) is 29.2 Å². The molecule has 1 heterocycles. The highest BCUT2D eigenvalue weighted by Crippen LogP contribution is 2.29. The molecular formula is C15H25N3O2. The first-order valence-corrected chi connectivity index (χ1v) is 7.50. The molecule has 1 aliphatic carbocycles. The van der Waals surface area contributed by atoms with Gasteiger partial charge in [0.05, 0.1) is 18.8 Å². The monoisotopic (exact) mass is 279 g/mol. The average molecular weight is 279 g/mol. The van der Waals surface area contributed by atoms with E-state index in [-0.39, 0.29) is 6.10 Å². The van der Waals surface area contributed by atoms with Gasteiger partial charge in [0.15, 0.2) is 0 Å². The molecule has 0 amide bonds. The van der Waals surface area contributed by atoms with Crippen LogP contribution in [0, 0.1) is 11.8 Å². The summed E-state index contributed by atoms with van der Waals surface area (Å²) in [5.41, 5.74) is 5.84. The zero-order valence-corrected chi connectivity index (χ0v) is 12.4. The van der Waals surface area contributed by atoms with E-state index in [9.17, 15) is 0 Å². The lowest BCUT2D eigenvalue weighted by Gasteiger charge is -2.30. The summed E-state index contributed by atoms with van der Waals surface area (Å²) in [5, 5.41) is 0. The maximum atomic E-state index is 5.84. The third-order valence-electron chi connectivity index (χ3n) is 3.79. The minimum Gasteiger partial charge on any atom is -0.477 e. The number of hydrogen-bond donors (Lipinski definition) is 1. The molecule has 1 aromatic heterocycles. The van der Waals surface area contributed by atoms with Crippen LogP contribution >= 0.6 is 0 Å². The SMILES string of the molecule is CC(C)Oc1cc(OCC2CCCCC2CN)ncn1. The molecule has 20 heavy (non-hydrogen) atoms. The Balaban J connectivity index is 1.89. The normalized spacial score (nSPS) is 22.8. The van der Waals surface area contributed by atoms with Crippen LogP contribution in [0.4, 0.5) is 0 Å². The summed E-state index contributed by atoms with van der Waals surface area (Å²) in [6.07, 6.45) is 6.55. The predicted molar refractivity (Wildman–Crippen MR) is 77.8 cm³/mol. The van der Waals surface area contributed by atoms with Crippen molar-refractivity contribution in [2.45, 2.75) is 45.6 Å². The topological polar surface area (TPSA) is 70.3 Å². The fraction of sp³-hybridized carbons (Fsp3) is 0.733. The van der Waals surface area contributed by atoms with Gasteiger partial charge in [-0.25, -0.2) is 9.97 Å². The summed E-state index contributed by atoms with van der Waals surface area (Å²) < 4.78 is 11.4. The number of nitrogens with two attached hydrogens (primary N) is 1. The molecule has 2 N–H and O–H groups in total. The lowest BCUT2D eigenvalue weighted by atomic mass is 9.80. The van der Waals surface area contributed by atoms with Crippen molar-refractivity contribution in [3.8, 4) is 11.8 Å². The molecule has 0 bridgehead atoms. The molecule has 0 spiro atoms. The standard InChI is InChI=1S/C15H25N3O2/c1-11(2)20-15-7-14(17-10-18-15)19-9-13-6-4-3-5-12(13)8-16/h7,10-13H,3-6,8-9,16H2,1-2H3. The van der Waals surface area contributed by atoms with Crippen LogP contribution in [0.15, 0.2) is 12.4 Å². The molecule has 1 aliphatic rings. The van der Waals surface area contributed by atoms with E-state index < -0.39 is 0 Å². The Morgan fingerprint density at radius 2 is 1.90 bits per heavy atom. The number of aromatic nitrogens is 2. The first-order chi connectivity index (χ1) is 9.69. The third-order valence-corrected chi connectivity index (χ3v) is 3.79. The molecule has 1 aromatic rings. The Morgan fingerprint density at radius 3 is 2.60 bits per heavy atom. The van der Waals surface area contributed by atoms with Crippen molar-refractivity contribution in [3.05, 3.63) is 12.4 Å². The van der Waals surface area contributed by atoms with Crippen LogP contribution < -0.4 is 15.2 Å². The second-order valence-electron chi connectivity index (χ2n) is 5.71. The zero-order valence-electron chi connectivity index (χ0n) is 12.4. The van der Waals surface area contributed by atoms with Gasteiger partial charge in [-0.3, -0.25) is 0 Å². The van der Waals surface area contributed by atoms with Crippen molar-refractivity contribution in [1.29, 1.82) is 0 Å². The molecule has 2 unspecified atom stereocenters. The van der Waals surface area contributed by atoms with Gasteiger partial charge in [-0.05, 0) is 45.1 Å². The van der Waals surface area contributed by atoms with Gasteiger partial charge >= 0.3 is 0 Å². The third kappa shape index (κ3) is 4.34. The minimum absolute atomic E-state index is 0.0951. The minimum atomic E-state index is 0.0951. The summed E-state index contributed by atoms with van der Waals surface area (Å²) >= 11 is 0. The first-order valence-electron chi connectivity index (χ1n) is 7.50. The van der Waals surface area contributed by atoms with Gasteiger partial charge in [-0.2, -0.15) is 0 Å². The van der Waals surface area contributed by atoms with Gasteiger partial charge in [-0.1, -0.05) is 12.8 Å². The molecule has 2 rings (SSSR count). The molecule has 112 valence electrons. The van der Waals surface area contributed by atoms with Crippen LogP contribution in [0.2, 0.25) is 0 Å². The summed E-state index contributed by atoms with van der Waals surface area (Å²) in [6, 6.07) is 1.75. The zero-order chi connectivity index (χ0) is 14.4.